The van der Waals surface area contributed by atoms with E-state index in [0.29, 0.717) is 12.2 Å². The maximum Gasteiger partial charge on any atom is 0.322 e. The molecule has 0 radical (unpaired) electrons. The van der Waals surface area contributed by atoms with Crippen LogP contribution in [-0.2, 0) is 20.3 Å². The number of carbonyl (C=O) groups excluding carboxylic acids is 1. The number of methoxy groups -OCH3 is 1. The van der Waals surface area contributed by atoms with Crippen LogP contribution in [0.15, 0.2) is 0 Å². The Morgan fingerprint density at radius 3 is 2.64 bits per heavy atom. The Bertz CT molecular complexity index is 160. The van der Waals surface area contributed by atoms with Gasteiger partial charge in [0.25, 0.3) is 0 Å². The van der Waals surface area contributed by atoms with Gasteiger partial charge in [-0.3, -0.25) is 9.00 Å². The maximum absolute atomic E-state index is 10.7. The molecule has 0 aromatic heterocycles. The van der Waals surface area contributed by atoms with Gasteiger partial charge in [-0.05, 0) is 6.42 Å². The molecule has 0 spiro atoms. The highest BCUT2D eigenvalue weighted by atomic mass is 32.2. The van der Waals surface area contributed by atoms with Crippen LogP contribution >= 0.6 is 0 Å². The van der Waals surface area contributed by atoms with E-state index in [-0.39, 0.29) is 0 Å². The molecule has 0 aliphatic rings. The quantitative estimate of drug-likeness (QED) is 0.577. The summed E-state index contributed by atoms with van der Waals surface area (Å²) in [7, 11) is 0.390. The molecule has 0 rings (SSSR count). The Labute approximate surface area is 68.6 Å². The lowest BCUT2D eigenvalue weighted by molar-refractivity contribution is -0.142. The standard InChI is InChI=1S/C6H13NO3S/c1-10-6(8)5(7)3-4-11(2)9/h5H,3-4,7H2,1-2H3. The molecule has 0 amide bonds. The molecule has 2 unspecified atom stereocenters. The Hall–Kier alpha value is -0.420. The van der Waals surface area contributed by atoms with Crippen LogP contribution in [0.5, 0.6) is 0 Å². The Kier molecular flexibility index (Phi) is 5.06. The molecule has 0 aromatic rings. The molecule has 5 heteroatoms. The average Bonchev–Trinajstić information content (AvgIpc) is 1.98. The van der Waals surface area contributed by atoms with Crippen molar-refractivity contribution in [3.63, 3.8) is 0 Å². The fourth-order valence-corrected chi connectivity index (χ4v) is 1.15. The lowest BCUT2D eigenvalue weighted by Crippen LogP contribution is -2.32. The van der Waals surface area contributed by atoms with Gasteiger partial charge in [0.15, 0.2) is 0 Å². The normalized spacial score (nSPS) is 15.5. The Balaban J connectivity index is 3.60. The van der Waals surface area contributed by atoms with E-state index in [1.807, 2.05) is 0 Å². The first kappa shape index (κ1) is 10.6. The highest BCUT2D eigenvalue weighted by Gasteiger charge is 2.13. The zero-order valence-corrected chi connectivity index (χ0v) is 7.52. The molecule has 11 heavy (non-hydrogen) atoms. The Morgan fingerprint density at radius 1 is 1.73 bits per heavy atom. The maximum atomic E-state index is 10.7. The second-order valence-electron chi connectivity index (χ2n) is 2.20. The zero-order chi connectivity index (χ0) is 8.85. The summed E-state index contributed by atoms with van der Waals surface area (Å²) in [5.74, 6) is -0.00792. The molecule has 2 N–H and O–H groups in total. The number of hydrogen-bond acceptors (Lipinski definition) is 4. The van der Waals surface area contributed by atoms with E-state index in [4.69, 9.17) is 5.73 Å². The van der Waals surface area contributed by atoms with Crippen molar-refractivity contribution in [1.29, 1.82) is 0 Å². The third kappa shape index (κ3) is 4.92. The molecule has 66 valence electrons. The first-order valence-electron chi connectivity index (χ1n) is 3.21. The summed E-state index contributed by atoms with van der Waals surface area (Å²) in [6.07, 6.45) is 1.99. The monoisotopic (exact) mass is 179 g/mol. The first-order chi connectivity index (χ1) is 5.07. The van der Waals surface area contributed by atoms with Crippen LogP contribution in [-0.4, -0.2) is 35.3 Å². The number of carbonyl (C=O) groups is 1. The SMILES string of the molecule is COC(=O)C(N)CCS(C)=O. The van der Waals surface area contributed by atoms with Gasteiger partial charge in [0.05, 0.1) is 7.11 Å². The van der Waals surface area contributed by atoms with Crippen molar-refractivity contribution in [2.45, 2.75) is 12.5 Å². The molecular weight excluding hydrogens is 166 g/mol. The molecule has 4 nitrogen and oxygen atoms in total. The first-order valence-corrected chi connectivity index (χ1v) is 4.94. The zero-order valence-electron chi connectivity index (χ0n) is 6.70. The second-order valence-corrected chi connectivity index (χ2v) is 3.75. The third-order valence-corrected chi connectivity index (χ3v) is 2.03. The van der Waals surface area contributed by atoms with E-state index < -0.39 is 22.8 Å². The summed E-state index contributed by atoms with van der Waals surface area (Å²) in [4.78, 5) is 10.7. The molecule has 0 saturated heterocycles. The van der Waals surface area contributed by atoms with Gasteiger partial charge in [-0.1, -0.05) is 0 Å². The fraction of sp³-hybridized carbons (Fsp3) is 0.833. The highest BCUT2D eigenvalue weighted by molar-refractivity contribution is 7.84. The van der Waals surface area contributed by atoms with Crippen molar-refractivity contribution in [3.8, 4) is 0 Å². The number of esters is 1. The largest absolute Gasteiger partial charge is 0.468 e. The van der Waals surface area contributed by atoms with Crippen molar-refractivity contribution in [2.75, 3.05) is 19.1 Å². The van der Waals surface area contributed by atoms with Gasteiger partial charge in [0.1, 0.15) is 6.04 Å². The van der Waals surface area contributed by atoms with Gasteiger partial charge < -0.3 is 10.5 Å². The van der Waals surface area contributed by atoms with E-state index in [0.717, 1.165) is 0 Å². The predicted molar refractivity (Wildman–Crippen MR) is 43.5 cm³/mol. The van der Waals surface area contributed by atoms with Crippen LogP contribution in [0, 0.1) is 0 Å². The fourth-order valence-electron chi connectivity index (χ4n) is 0.562. The van der Waals surface area contributed by atoms with Gasteiger partial charge in [-0.2, -0.15) is 0 Å². The number of rotatable bonds is 4. The molecular formula is C6H13NO3S. The number of hydrogen-bond donors (Lipinski definition) is 1. The molecule has 0 aliphatic heterocycles. The van der Waals surface area contributed by atoms with Crippen LogP contribution in [0.4, 0.5) is 0 Å². The molecule has 0 heterocycles. The van der Waals surface area contributed by atoms with Crippen LogP contribution in [0.3, 0.4) is 0 Å². The van der Waals surface area contributed by atoms with Gasteiger partial charge >= 0.3 is 5.97 Å². The van der Waals surface area contributed by atoms with E-state index in [9.17, 15) is 9.00 Å². The Morgan fingerprint density at radius 2 is 2.27 bits per heavy atom. The smallest absolute Gasteiger partial charge is 0.322 e. The van der Waals surface area contributed by atoms with Gasteiger partial charge in [0.2, 0.25) is 0 Å². The summed E-state index contributed by atoms with van der Waals surface area (Å²) in [6, 6.07) is -0.635. The van der Waals surface area contributed by atoms with Gasteiger partial charge in [-0.25, -0.2) is 0 Å². The van der Waals surface area contributed by atoms with Crippen LogP contribution in [0.25, 0.3) is 0 Å². The van der Waals surface area contributed by atoms with Crippen molar-refractivity contribution in [1.82, 2.24) is 0 Å². The molecule has 0 aromatic carbocycles. The lowest BCUT2D eigenvalue weighted by atomic mass is 10.2. The van der Waals surface area contributed by atoms with Crippen molar-refractivity contribution >= 4 is 16.8 Å². The van der Waals surface area contributed by atoms with E-state index >= 15 is 0 Å². The molecule has 0 bridgehead atoms. The minimum atomic E-state index is -0.892. The minimum Gasteiger partial charge on any atom is -0.468 e. The van der Waals surface area contributed by atoms with E-state index in [1.165, 1.54) is 7.11 Å². The van der Waals surface area contributed by atoms with Gasteiger partial charge in [0, 0.05) is 22.8 Å². The van der Waals surface area contributed by atoms with Crippen LogP contribution < -0.4 is 5.73 Å². The lowest BCUT2D eigenvalue weighted by Gasteiger charge is -2.06. The molecule has 2 atom stereocenters. The van der Waals surface area contributed by atoms with Crippen LogP contribution in [0.2, 0.25) is 0 Å². The minimum absolute atomic E-state index is 0.412. The average molecular weight is 179 g/mol. The topological polar surface area (TPSA) is 69.4 Å². The van der Waals surface area contributed by atoms with Gasteiger partial charge in [-0.15, -0.1) is 0 Å². The van der Waals surface area contributed by atoms with E-state index in [1.54, 1.807) is 6.26 Å². The second kappa shape index (κ2) is 5.26. The summed E-state index contributed by atoms with van der Waals surface area (Å²) in [5, 5.41) is 0. The highest BCUT2D eigenvalue weighted by Crippen LogP contribution is 1.92. The predicted octanol–water partition coefficient (Wildman–Crippen LogP) is -0.745. The summed E-state index contributed by atoms with van der Waals surface area (Å²) in [5.41, 5.74) is 5.37. The van der Waals surface area contributed by atoms with Crippen molar-refractivity contribution in [3.05, 3.63) is 0 Å². The van der Waals surface area contributed by atoms with Crippen molar-refractivity contribution in [2.24, 2.45) is 5.73 Å². The van der Waals surface area contributed by atoms with E-state index in [2.05, 4.69) is 4.74 Å². The summed E-state index contributed by atoms with van der Waals surface area (Å²) in [6.45, 7) is 0. The van der Waals surface area contributed by atoms with Crippen LogP contribution in [0.1, 0.15) is 6.42 Å². The summed E-state index contributed by atoms with van der Waals surface area (Å²) < 4.78 is 14.9. The summed E-state index contributed by atoms with van der Waals surface area (Å²) >= 11 is 0. The molecule has 0 fully saturated rings. The molecule has 0 aliphatic carbocycles. The van der Waals surface area contributed by atoms with Crippen molar-refractivity contribution < 1.29 is 13.7 Å². The molecule has 0 saturated carbocycles. The third-order valence-electron chi connectivity index (χ3n) is 1.22. The number of nitrogens with two attached hydrogens (primary N) is 1. The number of ether oxygens (including phenoxy) is 1.